The Morgan fingerprint density at radius 2 is 1.09 bits per heavy atom. The van der Waals surface area contributed by atoms with Crippen LogP contribution in [-0.2, 0) is 23.2 Å². The topological polar surface area (TPSA) is 34.3 Å². The summed E-state index contributed by atoms with van der Waals surface area (Å²) in [6.07, 6.45) is -0.0476. The molecule has 0 aromatic heterocycles. The highest BCUT2D eigenvalue weighted by Crippen LogP contribution is 2.53. The van der Waals surface area contributed by atoms with Crippen molar-refractivity contribution in [3.8, 4) is 0 Å². The molecule has 23 heavy (non-hydrogen) atoms. The lowest BCUT2D eigenvalue weighted by Gasteiger charge is -2.37. The van der Waals surface area contributed by atoms with E-state index in [4.69, 9.17) is 14.2 Å². The minimum absolute atomic E-state index is 0.0238. The van der Waals surface area contributed by atoms with Gasteiger partial charge in [0.1, 0.15) is 12.2 Å². The maximum absolute atomic E-state index is 6.63. The molecule has 4 unspecified atom stereocenters. The molecule has 2 aliphatic rings. The van der Waals surface area contributed by atoms with Crippen molar-refractivity contribution in [2.45, 2.75) is 21.2 Å². The molecule has 0 saturated carbocycles. The van der Waals surface area contributed by atoms with Crippen molar-refractivity contribution in [3.05, 3.63) is 71.8 Å². The number of hydrogen-bond donors (Lipinski definition) is 0. The third-order valence-corrected chi connectivity index (χ3v) is 6.39. The third kappa shape index (κ3) is 3.01. The van der Waals surface area contributed by atoms with E-state index in [1.165, 1.54) is 0 Å². The van der Waals surface area contributed by atoms with E-state index in [0.29, 0.717) is 13.2 Å². The standard InChI is InChI=1S/C18H16Br2O3/c19-17(15-11-21-15,13-7-3-1-4-8-13)23-18(20,16-12-22-16)14-9-5-2-6-10-14/h1-10,15-16H,11-12H2. The maximum Gasteiger partial charge on any atom is 0.178 e. The maximum atomic E-state index is 6.63. The van der Waals surface area contributed by atoms with Crippen LogP contribution in [0.15, 0.2) is 60.7 Å². The summed E-state index contributed by atoms with van der Waals surface area (Å²) in [5, 5.41) is 0. The van der Waals surface area contributed by atoms with Gasteiger partial charge in [-0.2, -0.15) is 0 Å². The van der Waals surface area contributed by atoms with Crippen LogP contribution in [0.2, 0.25) is 0 Å². The van der Waals surface area contributed by atoms with Crippen molar-refractivity contribution in [2.24, 2.45) is 0 Å². The second-order valence-corrected chi connectivity index (χ2v) is 8.12. The fourth-order valence-electron chi connectivity index (χ4n) is 2.69. The second kappa shape index (κ2) is 5.97. The minimum atomic E-state index is -0.723. The van der Waals surface area contributed by atoms with Crippen LogP contribution in [0.3, 0.4) is 0 Å². The van der Waals surface area contributed by atoms with Gasteiger partial charge in [0.05, 0.1) is 13.2 Å². The van der Waals surface area contributed by atoms with Crippen LogP contribution in [0.1, 0.15) is 11.1 Å². The SMILES string of the molecule is BrC(OC(Br)(c1ccccc1)C1CO1)(c1ccccc1)C1CO1. The molecular weight excluding hydrogens is 424 g/mol. The van der Waals surface area contributed by atoms with Crippen LogP contribution in [0.5, 0.6) is 0 Å². The molecule has 0 amide bonds. The fraction of sp³-hybridized carbons (Fsp3) is 0.333. The molecule has 0 N–H and O–H groups in total. The van der Waals surface area contributed by atoms with Crippen LogP contribution >= 0.6 is 31.9 Å². The smallest absolute Gasteiger partial charge is 0.178 e. The number of hydrogen-bond acceptors (Lipinski definition) is 3. The molecule has 4 atom stereocenters. The van der Waals surface area contributed by atoms with E-state index in [0.717, 1.165) is 11.1 Å². The zero-order valence-corrected chi connectivity index (χ0v) is 15.5. The van der Waals surface area contributed by atoms with Gasteiger partial charge in [0, 0.05) is 0 Å². The van der Waals surface area contributed by atoms with Crippen LogP contribution < -0.4 is 0 Å². The van der Waals surface area contributed by atoms with Crippen molar-refractivity contribution < 1.29 is 14.2 Å². The number of epoxide rings is 2. The molecule has 0 aliphatic carbocycles. The first-order valence-corrected chi connectivity index (χ1v) is 9.14. The molecular formula is C18H16Br2O3. The number of halogens is 2. The van der Waals surface area contributed by atoms with E-state index in [9.17, 15) is 0 Å². The minimum Gasteiger partial charge on any atom is -0.369 e. The number of benzene rings is 2. The van der Waals surface area contributed by atoms with Crippen molar-refractivity contribution in [1.82, 2.24) is 0 Å². The van der Waals surface area contributed by atoms with Crippen LogP contribution in [-0.4, -0.2) is 25.4 Å². The van der Waals surface area contributed by atoms with Crippen molar-refractivity contribution >= 4 is 31.9 Å². The summed E-state index contributed by atoms with van der Waals surface area (Å²) >= 11 is 7.63. The van der Waals surface area contributed by atoms with Gasteiger partial charge in [-0.1, -0.05) is 60.7 Å². The molecule has 2 aromatic rings. The lowest BCUT2D eigenvalue weighted by Crippen LogP contribution is -2.40. The van der Waals surface area contributed by atoms with Crippen LogP contribution in [0, 0.1) is 0 Å². The average Bonchev–Trinajstić information content (AvgIpc) is 3.48. The van der Waals surface area contributed by atoms with E-state index in [-0.39, 0.29) is 12.2 Å². The van der Waals surface area contributed by atoms with Gasteiger partial charge in [0.2, 0.25) is 0 Å². The summed E-state index contributed by atoms with van der Waals surface area (Å²) in [7, 11) is 0. The Hall–Kier alpha value is -0.720. The summed E-state index contributed by atoms with van der Waals surface area (Å²) in [4.78, 5) is 0. The lowest BCUT2D eigenvalue weighted by atomic mass is 10.0. The molecule has 2 heterocycles. The molecule has 3 nitrogen and oxygen atoms in total. The van der Waals surface area contributed by atoms with E-state index >= 15 is 0 Å². The third-order valence-electron chi connectivity index (χ3n) is 4.13. The van der Waals surface area contributed by atoms with Gasteiger partial charge < -0.3 is 14.2 Å². The quantitative estimate of drug-likeness (QED) is 0.497. The summed E-state index contributed by atoms with van der Waals surface area (Å²) in [6, 6.07) is 20.2. The highest BCUT2D eigenvalue weighted by Gasteiger charge is 2.57. The van der Waals surface area contributed by atoms with Gasteiger partial charge in [0.15, 0.2) is 9.02 Å². The first-order valence-electron chi connectivity index (χ1n) is 7.55. The predicted molar refractivity (Wildman–Crippen MR) is 94.7 cm³/mol. The number of rotatable bonds is 6. The Kier molecular flexibility index (Phi) is 4.10. The van der Waals surface area contributed by atoms with E-state index < -0.39 is 9.02 Å². The molecule has 2 fully saturated rings. The summed E-state index contributed by atoms with van der Waals surface area (Å²) < 4.78 is 16.3. The van der Waals surface area contributed by atoms with E-state index in [1.807, 2.05) is 60.7 Å². The number of alkyl halides is 2. The van der Waals surface area contributed by atoms with Gasteiger partial charge in [-0.3, -0.25) is 0 Å². The summed E-state index contributed by atoms with van der Waals surface area (Å²) in [6.45, 7) is 1.34. The summed E-state index contributed by atoms with van der Waals surface area (Å²) in [5.74, 6) is 0. The van der Waals surface area contributed by atoms with Gasteiger partial charge in [-0.15, -0.1) is 0 Å². The van der Waals surface area contributed by atoms with Gasteiger partial charge in [-0.25, -0.2) is 0 Å². The Bertz CT molecular complexity index is 614. The monoisotopic (exact) mass is 438 g/mol. The first-order chi connectivity index (χ1) is 11.1. The van der Waals surface area contributed by atoms with Gasteiger partial charge in [-0.05, 0) is 43.0 Å². The molecule has 0 radical (unpaired) electrons. The fourth-order valence-corrected chi connectivity index (χ4v) is 4.48. The second-order valence-electron chi connectivity index (χ2n) is 5.77. The average molecular weight is 440 g/mol. The zero-order chi connectivity index (χ0) is 15.9. The van der Waals surface area contributed by atoms with Crippen LogP contribution in [0.4, 0.5) is 0 Å². The molecule has 4 rings (SSSR count). The molecule has 0 bridgehead atoms. The lowest BCUT2D eigenvalue weighted by molar-refractivity contribution is -0.0796. The highest BCUT2D eigenvalue weighted by molar-refractivity contribution is 9.10. The van der Waals surface area contributed by atoms with Crippen molar-refractivity contribution in [1.29, 1.82) is 0 Å². The molecule has 5 heteroatoms. The molecule has 2 saturated heterocycles. The van der Waals surface area contributed by atoms with Crippen molar-refractivity contribution in [2.75, 3.05) is 13.2 Å². The van der Waals surface area contributed by atoms with Crippen molar-refractivity contribution in [3.63, 3.8) is 0 Å². The Balaban J connectivity index is 1.73. The Morgan fingerprint density at radius 1 is 0.739 bits per heavy atom. The Labute approximate surface area is 152 Å². The van der Waals surface area contributed by atoms with Crippen LogP contribution in [0.25, 0.3) is 0 Å². The highest BCUT2D eigenvalue weighted by atomic mass is 79.9. The largest absolute Gasteiger partial charge is 0.369 e. The number of ether oxygens (including phenoxy) is 3. The molecule has 2 aliphatic heterocycles. The molecule has 0 spiro atoms. The predicted octanol–water partition coefficient (Wildman–Crippen LogP) is 4.30. The molecule has 120 valence electrons. The normalized spacial score (nSPS) is 27.7. The summed E-state index contributed by atoms with van der Waals surface area (Å²) in [5.41, 5.74) is 2.06. The van der Waals surface area contributed by atoms with Gasteiger partial charge in [0.25, 0.3) is 0 Å². The van der Waals surface area contributed by atoms with Gasteiger partial charge >= 0.3 is 0 Å². The van der Waals surface area contributed by atoms with E-state index in [2.05, 4.69) is 31.9 Å². The zero-order valence-electron chi connectivity index (χ0n) is 12.3. The Morgan fingerprint density at radius 3 is 1.39 bits per heavy atom. The van der Waals surface area contributed by atoms with E-state index in [1.54, 1.807) is 0 Å². The molecule has 2 aromatic carbocycles. The first kappa shape index (κ1) is 15.8.